The van der Waals surface area contributed by atoms with Crippen molar-refractivity contribution in [1.82, 2.24) is 5.32 Å². The molecule has 1 aliphatic rings. The molecule has 0 radical (unpaired) electrons. The molecule has 2 rings (SSSR count). The molecule has 0 bridgehead atoms. The van der Waals surface area contributed by atoms with Crippen LogP contribution in [0.1, 0.15) is 18.9 Å². The lowest BCUT2D eigenvalue weighted by Crippen LogP contribution is -2.35. The number of rotatable bonds is 5. The molecule has 1 amide bonds. The highest BCUT2D eigenvalue weighted by Gasteiger charge is 2.22. The van der Waals surface area contributed by atoms with Crippen LogP contribution in [0.3, 0.4) is 0 Å². The SMILES string of the molecule is CC(CN)CC(=O)NCC1Cc2ccccc2O1. The van der Waals surface area contributed by atoms with Crippen molar-refractivity contribution in [3.8, 4) is 5.75 Å². The quantitative estimate of drug-likeness (QED) is 0.820. The maximum absolute atomic E-state index is 11.6. The summed E-state index contributed by atoms with van der Waals surface area (Å²) in [4.78, 5) is 11.6. The molecule has 2 unspecified atom stereocenters. The summed E-state index contributed by atoms with van der Waals surface area (Å²) in [5.41, 5.74) is 6.71. The Hall–Kier alpha value is -1.55. The van der Waals surface area contributed by atoms with Gasteiger partial charge < -0.3 is 15.8 Å². The third-order valence-corrected chi connectivity index (χ3v) is 3.18. The largest absolute Gasteiger partial charge is 0.488 e. The summed E-state index contributed by atoms with van der Waals surface area (Å²) in [7, 11) is 0. The number of hydrogen-bond acceptors (Lipinski definition) is 3. The van der Waals surface area contributed by atoms with Crippen LogP contribution in [0.15, 0.2) is 24.3 Å². The van der Waals surface area contributed by atoms with Crippen molar-refractivity contribution < 1.29 is 9.53 Å². The van der Waals surface area contributed by atoms with Gasteiger partial charge in [0, 0.05) is 12.8 Å². The summed E-state index contributed by atoms with van der Waals surface area (Å²) in [5.74, 6) is 1.21. The van der Waals surface area contributed by atoms with E-state index >= 15 is 0 Å². The number of nitrogens with one attached hydrogen (secondary N) is 1. The van der Waals surface area contributed by atoms with E-state index in [0.717, 1.165) is 12.2 Å². The minimum atomic E-state index is 0.0486. The van der Waals surface area contributed by atoms with E-state index in [1.165, 1.54) is 5.56 Å². The highest BCUT2D eigenvalue weighted by Crippen LogP contribution is 2.27. The Morgan fingerprint density at radius 2 is 2.33 bits per heavy atom. The molecule has 3 N–H and O–H groups in total. The van der Waals surface area contributed by atoms with Crippen LogP contribution in [0, 0.1) is 5.92 Å². The molecule has 0 spiro atoms. The molecule has 2 atom stereocenters. The van der Waals surface area contributed by atoms with Gasteiger partial charge in [-0.15, -0.1) is 0 Å². The summed E-state index contributed by atoms with van der Waals surface area (Å²) >= 11 is 0. The van der Waals surface area contributed by atoms with Crippen LogP contribution >= 0.6 is 0 Å². The molecule has 18 heavy (non-hydrogen) atoms. The van der Waals surface area contributed by atoms with E-state index in [0.29, 0.717) is 19.5 Å². The van der Waals surface area contributed by atoms with Gasteiger partial charge in [0.2, 0.25) is 5.91 Å². The number of para-hydroxylation sites is 1. The van der Waals surface area contributed by atoms with E-state index in [1.807, 2.05) is 25.1 Å². The number of benzene rings is 1. The summed E-state index contributed by atoms with van der Waals surface area (Å²) < 4.78 is 5.75. The fourth-order valence-electron chi connectivity index (χ4n) is 2.07. The van der Waals surface area contributed by atoms with Gasteiger partial charge in [-0.25, -0.2) is 0 Å². The lowest BCUT2D eigenvalue weighted by molar-refractivity contribution is -0.122. The third-order valence-electron chi connectivity index (χ3n) is 3.18. The minimum Gasteiger partial charge on any atom is -0.488 e. The molecule has 1 aromatic rings. The zero-order chi connectivity index (χ0) is 13.0. The number of nitrogens with two attached hydrogens (primary N) is 1. The second-order valence-corrected chi connectivity index (χ2v) is 4.90. The summed E-state index contributed by atoms with van der Waals surface area (Å²) in [5, 5.41) is 2.91. The molecule has 4 heteroatoms. The smallest absolute Gasteiger partial charge is 0.220 e. The lowest BCUT2D eigenvalue weighted by atomic mass is 10.1. The fourth-order valence-corrected chi connectivity index (χ4v) is 2.07. The monoisotopic (exact) mass is 248 g/mol. The number of amides is 1. The van der Waals surface area contributed by atoms with Gasteiger partial charge in [-0.2, -0.15) is 0 Å². The number of hydrogen-bond donors (Lipinski definition) is 2. The Morgan fingerprint density at radius 1 is 1.56 bits per heavy atom. The molecule has 1 heterocycles. The van der Waals surface area contributed by atoms with Crippen LogP contribution in [-0.2, 0) is 11.2 Å². The first-order valence-electron chi connectivity index (χ1n) is 6.40. The highest BCUT2D eigenvalue weighted by molar-refractivity contribution is 5.76. The van der Waals surface area contributed by atoms with E-state index in [-0.39, 0.29) is 17.9 Å². The molecule has 1 aliphatic heterocycles. The standard InChI is InChI=1S/C14H20N2O2/c1-10(8-15)6-14(17)16-9-12-7-11-4-2-3-5-13(11)18-12/h2-5,10,12H,6-9,15H2,1H3,(H,16,17). The average molecular weight is 248 g/mol. The lowest BCUT2D eigenvalue weighted by Gasteiger charge is -2.13. The van der Waals surface area contributed by atoms with E-state index in [4.69, 9.17) is 10.5 Å². The Labute approximate surface area is 108 Å². The number of fused-ring (bicyclic) bond motifs is 1. The van der Waals surface area contributed by atoms with Gasteiger partial charge in [0.25, 0.3) is 0 Å². The first-order valence-corrected chi connectivity index (χ1v) is 6.40. The van der Waals surface area contributed by atoms with Crippen LogP contribution in [0.2, 0.25) is 0 Å². The van der Waals surface area contributed by atoms with Gasteiger partial charge in [-0.1, -0.05) is 25.1 Å². The summed E-state index contributed by atoms with van der Waals surface area (Å²) in [6.45, 7) is 3.07. The van der Waals surface area contributed by atoms with E-state index in [2.05, 4.69) is 11.4 Å². The van der Waals surface area contributed by atoms with Gasteiger partial charge in [-0.3, -0.25) is 4.79 Å². The van der Waals surface area contributed by atoms with Crippen LogP contribution in [0.5, 0.6) is 5.75 Å². The van der Waals surface area contributed by atoms with Crippen molar-refractivity contribution in [3.63, 3.8) is 0 Å². The van der Waals surface area contributed by atoms with Crippen molar-refractivity contribution in [1.29, 1.82) is 0 Å². The molecule has 0 aromatic heterocycles. The Kier molecular flexibility index (Phi) is 4.20. The van der Waals surface area contributed by atoms with Gasteiger partial charge in [0.05, 0.1) is 6.54 Å². The average Bonchev–Trinajstić information content (AvgIpc) is 2.79. The Morgan fingerprint density at radius 3 is 3.06 bits per heavy atom. The van der Waals surface area contributed by atoms with Crippen molar-refractivity contribution in [2.24, 2.45) is 11.7 Å². The second-order valence-electron chi connectivity index (χ2n) is 4.90. The minimum absolute atomic E-state index is 0.0486. The van der Waals surface area contributed by atoms with Gasteiger partial charge in [-0.05, 0) is 24.1 Å². The zero-order valence-electron chi connectivity index (χ0n) is 10.7. The summed E-state index contributed by atoms with van der Waals surface area (Å²) in [6.07, 6.45) is 1.40. The number of carbonyl (C=O) groups excluding carboxylic acids is 1. The molecular formula is C14H20N2O2. The van der Waals surface area contributed by atoms with Crippen LogP contribution in [-0.4, -0.2) is 25.1 Å². The van der Waals surface area contributed by atoms with Crippen molar-refractivity contribution in [3.05, 3.63) is 29.8 Å². The van der Waals surface area contributed by atoms with Gasteiger partial charge in [0.1, 0.15) is 11.9 Å². The maximum Gasteiger partial charge on any atom is 0.220 e. The molecule has 0 aliphatic carbocycles. The number of ether oxygens (including phenoxy) is 1. The highest BCUT2D eigenvalue weighted by atomic mass is 16.5. The van der Waals surface area contributed by atoms with E-state index in [1.54, 1.807) is 0 Å². The Balaban J connectivity index is 1.75. The predicted molar refractivity (Wildman–Crippen MR) is 70.4 cm³/mol. The first-order chi connectivity index (χ1) is 8.69. The molecule has 0 fully saturated rings. The zero-order valence-corrected chi connectivity index (χ0v) is 10.7. The van der Waals surface area contributed by atoms with E-state index in [9.17, 15) is 4.79 Å². The first kappa shape index (κ1) is 12.9. The Bertz CT molecular complexity index is 395. The van der Waals surface area contributed by atoms with Crippen LogP contribution < -0.4 is 15.8 Å². The van der Waals surface area contributed by atoms with Crippen LogP contribution in [0.25, 0.3) is 0 Å². The van der Waals surface area contributed by atoms with Gasteiger partial charge in [0.15, 0.2) is 0 Å². The van der Waals surface area contributed by atoms with Crippen molar-refractivity contribution in [2.45, 2.75) is 25.9 Å². The van der Waals surface area contributed by atoms with E-state index < -0.39 is 0 Å². The molecular weight excluding hydrogens is 228 g/mol. The molecule has 0 saturated carbocycles. The topological polar surface area (TPSA) is 64.4 Å². The van der Waals surface area contributed by atoms with Crippen LogP contribution in [0.4, 0.5) is 0 Å². The van der Waals surface area contributed by atoms with Gasteiger partial charge >= 0.3 is 0 Å². The second kappa shape index (κ2) is 5.87. The third kappa shape index (κ3) is 3.23. The molecule has 0 saturated heterocycles. The summed E-state index contributed by atoms with van der Waals surface area (Å²) in [6, 6.07) is 8.00. The molecule has 4 nitrogen and oxygen atoms in total. The molecule has 1 aromatic carbocycles. The number of carbonyl (C=O) groups is 1. The fraction of sp³-hybridized carbons (Fsp3) is 0.500. The van der Waals surface area contributed by atoms with Crippen molar-refractivity contribution >= 4 is 5.91 Å². The normalized spacial score (nSPS) is 18.9. The maximum atomic E-state index is 11.6. The predicted octanol–water partition coefficient (Wildman–Crippen LogP) is 1.09. The molecule has 98 valence electrons. The van der Waals surface area contributed by atoms with Crippen molar-refractivity contribution in [2.75, 3.05) is 13.1 Å².